The second-order valence-corrected chi connectivity index (χ2v) is 4.02. The highest BCUT2D eigenvalue weighted by molar-refractivity contribution is 5.29. The van der Waals surface area contributed by atoms with Crippen molar-refractivity contribution in [1.82, 2.24) is 4.98 Å². The Bertz CT molecular complexity index is 308. The van der Waals surface area contributed by atoms with E-state index < -0.39 is 0 Å². The van der Waals surface area contributed by atoms with Crippen molar-refractivity contribution >= 4 is 0 Å². The summed E-state index contributed by atoms with van der Waals surface area (Å²) in [4.78, 5) is 4.02. The number of hydrogen-bond acceptors (Lipinski definition) is 3. The molecule has 0 unspecified atom stereocenters. The maximum absolute atomic E-state index is 9.14. The minimum absolute atomic E-state index is 0.0184. The van der Waals surface area contributed by atoms with Gasteiger partial charge in [-0.15, -0.1) is 0 Å². The maximum Gasteiger partial charge on any atom is 0.143 e. The Balaban J connectivity index is 2.02. The zero-order valence-corrected chi connectivity index (χ0v) is 8.85. The summed E-state index contributed by atoms with van der Waals surface area (Å²) >= 11 is 0. The molecular weight excluding hydrogens is 190 g/mol. The summed E-state index contributed by atoms with van der Waals surface area (Å²) < 4.78 is 5.85. The van der Waals surface area contributed by atoms with Crippen molar-refractivity contribution in [3.63, 3.8) is 0 Å². The minimum Gasteiger partial charge on any atom is -0.488 e. The summed E-state index contributed by atoms with van der Waals surface area (Å²) in [5.41, 5.74) is 0.829. The first kappa shape index (κ1) is 10.4. The molecule has 0 saturated heterocycles. The molecule has 0 amide bonds. The molecule has 1 saturated carbocycles. The third kappa shape index (κ3) is 2.69. The molecule has 0 aromatic carbocycles. The van der Waals surface area contributed by atoms with E-state index in [9.17, 15) is 0 Å². The fourth-order valence-electron chi connectivity index (χ4n) is 2.01. The van der Waals surface area contributed by atoms with Gasteiger partial charge in [0, 0.05) is 11.8 Å². The van der Waals surface area contributed by atoms with Crippen LogP contribution in [0, 0.1) is 0 Å². The number of aliphatic hydroxyl groups excluding tert-OH is 1. The van der Waals surface area contributed by atoms with Crippen LogP contribution < -0.4 is 4.74 Å². The lowest BCUT2D eigenvalue weighted by Gasteiger charge is -2.23. The lowest BCUT2D eigenvalue weighted by molar-refractivity contribution is 0.149. The molecule has 1 N–H and O–H groups in total. The average molecular weight is 207 g/mol. The second-order valence-electron chi connectivity index (χ2n) is 4.02. The van der Waals surface area contributed by atoms with Gasteiger partial charge in [-0.2, -0.15) is 0 Å². The summed E-state index contributed by atoms with van der Waals surface area (Å²) in [7, 11) is 0. The van der Waals surface area contributed by atoms with E-state index in [4.69, 9.17) is 9.84 Å². The van der Waals surface area contributed by atoms with Gasteiger partial charge in [-0.25, -0.2) is 0 Å². The summed E-state index contributed by atoms with van der Waals surface area (Å²) in [6, 6.07) is 1.80. The predicted molar refractivity (Wildman–Crippen MR) is 57.7 cm³/mol. The highest BCUT2D eigenvalue weighted by atomic mass is 16.5. The van der Waals surface area contributed by atoms with Crippen molar-refractivity contribution in [1.29, 1.82) is 0 Å². The van der Waals surface area contributed by atoms with Crippen LogP contribution in [0.1, 0.15) is 37.7 Å². The van der Waals surface area contributed by atoms with Gasteiger partial charge >= 0.3 is 0 Å². The van der Waals surface area contributed by atoms with Crippen molar-refractivity contribution < 1.29 is 9.84 Å². The molecule has 0 atom stereocenters. The van der Waals surface area contributed by atoms with E-state index >= 15 is 0 Å². The van der Waals surface area contributed by atoms with Crippen molar-refractivity contribution in [2.75, 3.05) is 0 Å². The number of aromatic nitrogens is 1. The Labute approximate surface area is 90.1 Å². The molecule has 1 aromatic heterocycles. The Morgan fingerprint density at radius 2 is 2.13 bits per heavy atom. The quantitative estimate of drug-likeness (QED) is 0.826. The monoisotopic (exact) mass is 207 g/mol. The van der Waals surface area contributed by atoms with Crippen LogP contribution in [-0.2, 0) is 6.61 Å². The van der Waals surface area contributed by atoms with Crippen LogP contribution in [0.25, 0.3) is 0 Å². The summed E-state index contributed by atoms with van der Waals surface area (Å²) in [6.45, 7) is 0.0184. The molecule has 0 bridgehead atoms. The first-order valence-electron chi connectivity index (χ1n) is 5.60. The first-order chi connectivity index (χ1) is 7.40. The van der Waals surface area contributed by atoms with Gasteiger partial charge in [-0.05, 0) is 31.7 Å². The van der Waals surface area contributed by atoms with Gasteiger partial charge in [0.05, 0.1) is 18.9 Å². The van der Waals surface area contributed by atoms with Crippen LogP contribution in [0.15, 0.2) is 18.5 Å². The van der Waals surface area contributed by atoms with Crippen LogP contribution in [-0.4, -0.2) is 16.2 Å². The molecule has 2 rings (SSSR count). The standard InChI is InChI=1S/C12H17NO2/c14-9-10-6-7-13-8-12(10)15-11-4-2-1-3-5-11/h6-8,11,14H,1-5,9H2. The Morgan fingerprint density at radius 3 is 2.87 bits per heavy atom. The number of rotatable bonds is 3. The second kappa shape index (κ2) is 5.12. The Kier molecular flexibility index (Phi) is 3.56. The molecule has 1 aliphatic rings. The fourth-order valence-corrected chi connectivity index (χ4v) is 2.01. The van der Waals surface area contributed by atoms with E-state index in [0.717, 1.165) is 24.2 Å². The number of aliphatic hydroxyl groups is 1. The average Bonchev–Trinajstić information content (AvgIpc) is 2.31. The van der Waals surface area contributed by atoms with Crippen LogP contribution in [0.2, 0.25) is 0 Å². The van der Waals surface area contributed by atoms with E-state index in [1.165, 1.54) is 19.3 Å². The third-order valence-corrected chi connectivity index (χ3v) is 2.89. The van der Waals surface area contributed by atoms with Crippen LogP contribution in [0.3, 0.4) is 0 Å². The molecule has 1 aromatic rings. The molecule has 1 fully saturated rings. The Morgan fingerprint density at radius 1 is 1.33 bits per heavy atom. The van der Waals surface area contributed by atoms with E-state index in [1.54, 1.807) is 18.5 Å². The van der Waals surface area contributed by atoms with Gasteiger partial charge in [0.25, 0.3) is 0 Å². The largest absolute Gasteiger partial charge is 0.488 e. The SMILES string of the molecule is OCc1ccncc1OC1CCCCC1. The normalized spacial score (nSPS) is 17.7. The zero-order chi connectivity index (χ0) is 10.5. The minimum atomic E-state index is 0.0184. The topological polar surface area (TPSA) is 42.4 Å². The molecule has 15 heavy (non-hydrogen) atoms. The van der Waals surface area contributed by atoms with Gasteiger partial charge in [0.15, 0.2) is 0 Å². The van der Waals surface area contributed by atoms with Crippen LogP contribution in [0.4, 0.5) is 0 Å². The lowest BCUT2D eigenvalue weighted by atomic mass is 9.98. The van der Waals surface area contributed by atoms with Crippen molar-refractivity contribution in [2.24, 2.45) is 0 Å². The summed E-state index contributed by atoms with van der Waals surface area (Å²) in [5, 5.41) is 9.14. The summed E-state index contributed by atoms with van der Waals surface area (Å²) in [6.07, 6.45) is 9.76. The van der Waals surface area contributed by atoms with Gasteiger partial charge in [0.1, 0.15) is 5.75 Å². The molecule has 3 nitrogen and oxygen atoms in total. The van der Waals surface area contributed by atoms with E-state index in [-0.39, 0.29) is 6.61 Å². The number of pyridine rings is 1. The number of ether oxygens (including phenoxy) is 1. The molecular formula is C12H17NO2. The smallest absolute Gasteiger partial charge is 0.143 e. The van der Waals surface area contributed by atoms with Crippen LogP contribution in [0.5, 0.6) is 5.75 Å². The van der Waals surface area contributed by atoms with E-state index in [0.29, 0.717) is 6.10 Å². The number of hydrogen-bond donors (Lipinski definition) is 1. The molecule has 1 heterocycles. The maximum atomic E-state index is 9.14. The predicted octanol–water partition coefficient (Wildman–Crippen LogP) is 2.29. The van der Waals surface area contributed by atoms with Crippen LogP contribution >= 0.6 is 0 Å². The highest BCUT2D eigenvalue weighted by Crippen LogP contribution is 2.25. The van der Waals surface area contributed by atoms with Gasteiger partial charge in [-0.3, -0.25) is 4.98 Å². The van der Waals surface area contributed by atoms with Crippen molar-refractivity contribution in [3.8, 4) is 5.75 Å². The summed E-state index contributed by atoms with van der Waals surface area (Å²) in [5.74, 6) is 0.743. The molecule has 3 heteroatoms. The molecule has 0 spiro atoms. The van der Waals surface area contributed by atoms with Crippen molar-refractivity contribution in [2.45, 2.75) is 44.8 Å². The molecule has 0 aliphatic heterocycles. The van der Waals surface area contributed by atoms with Gasteiger partial charge in [-0.1, -0.05) is 6.42 Å². The highest BCUT2D eigenvalue weighted by Gasteiger charge is 2.16. The fraction of sp³-hybridized carbons (Fsp3) is 0.583. The lowest BCUT2D eigenvalue weighted by Crippen LogP contribution is -2.20. The number of nitrogens with zero attached hydrogens (tertiary/aromatic N) is 1. The molecule has 82 valence electrons. The Hall–Kier alpha value is -1.09. The molecule has 1 aliphatic carbocycles. The third-order valence-electron chi connectivity index (χ3n) is 2.89. The zero-order valence-electron chi connectivity index (χ0n) is 8.85. The van der Waals surface area contributed by atoms with E-state index in [2.05, 4.69) is 4.98 Å². The molecule has 0 radical (unpaired) electrons. The first-order valence-corrected chi connectivity index (χ1v) is 5.60. The van der Waals surface area contributed by atoms with Crippen molar-refractivity contribution in [3.05, 3.63) is 24.0 Å². The van der Waals surface area contributed by atoms with E-state index in [1.807, 2.05) is 0 Å². The van der Waals surface area contributed by atoms with Gasteiger partial charge < -0.3 is 9.84 Å². The van der Waals surface area contributed by atoms with Gasteiger partial charge in [0.2, 0.25) is 0 Å².